The Morgan fingerprint density at radius 1 is 1.05 bits per heavy atom. The highest BCUT2D eigenvalue weighted by Gasteiger charge is 2.08. The van der Waals surface area contributed by atoms with Crippen molar-refractivity contribution in [1.29, 1.82) is 0 Å². The lowest BCUT2D eigenvalue weighted by atomic mass is 10.1. The molecule has 0 bridgehead atoms. The van der Waals surface area contributed by atoms with Gasteiger partial charge in [0.15, 0.2) is 0 Å². The minimum absolute atomic E-state index is 0.00349. The van der Waals surface area contributed by atoms with Crippen LogP contribution in [0.3, 0.4) is 0 Å². The molecule has 2 rings (SSSR count). The number of ether oxygens (including phenoxy) is 1. The van der Waals surface area contributed by atoms with Crippen LogP contribution in [0.2, 0.25) is 0 Å². The molecule has 2 aromatic rings. The van der Waals surface area contributed by atoms with Gasteiger partial charge in [-0.3, -0.25) is 0 Å². The van der Waals surface area contributed by atoms with Crippen molar-refractivity contribution in [3.05, 3.63) is 59.9 Å². The van der Waals surface area contributed by atoms with Gasteiger partial charge in [-0.25, -0.2) is 4.39 Å². The molecule has 112 valence electrons. The Labute approximate surface area is 121 Å². The van der Waals surface area contributed by atoms with Crippen LogP contribution >= 0.6 is 0 Å². The van der Waals surface area contributed by atoms with E-state index < -0.39 is 6.61 Å². The van der Waals surface area contributed by atoms with E-state index in [2.05, 4.69) is 10.1 Å². The van der Waals surface area contributed by atoms with Crippen molar-refractivity contribution in [3.8, 4) is 5.75 Å². The fourth-order valence-electron chi connectivity index (χ4n) is 2.06. The monoisotopic (exact) mass is 295 g/mol. The van der Waals surface area contributed by atoms with Crippen molar-refractivity contribution in [2.45, 2.75) is 26.0 Å². The molecule has 0 aliphatic carbocycles. The normalized spacial score (nSPS) is 12.2. The third-order valence-electron chi connectivity index (χ3n) is 2.98. The van der Waals surface area contributed by atoms with Crippen molar-refractivity contribution >= 4 is 5.69 Å². The van der Waals surface area contributed by atoms with Crippen LogP contribution in [0.5, 0.6) is 5.75 Å². The van der Waals surface area contributed by atoms with E-state index in [-0.39, 0.29) is 17.6 Å². The summed E-state index contributed by atoms with van der Waals surface area (Å²) in [6.07, 6.45) is 0.530. The third kappa shape index (κ3) is 4.70. The van der Waals surface area contributed by atoms with Gasteiger partial charge in [0.2, 0.25) is 0 Å². The van der Waals surface area contributed by atoms with Crippen LogP contribution in [0.15, 0.2) is 48.5 Å². The van der Waals surface area contributed by atoms with Gasteiger partial charge in [-0.05, 0) is 49.2 Å². The van der Waals surface area contributed by atoms with E-state index in [0.29, 0.717) is 12.0 Å². The molecule has 1 atom stereocenters. The van der Waals surface area contributed by atoms with E-state index >= 15 is 0 Å². The standard InChI is InChI=1S/C16H16F3NO/c1-11(10-12-4-2-3-5-15(12)17)20-13-6-8-14(9-7-13)21-16(18)19/h2-9,11,16,20H,10H2,1H3. The maximum Gasteiger partial charge on any atom is 0.387 e. The molecule has 0 aromatic heterocycles. The summed E-state index contributed by atoms with van der Waals surface area (Å²) >= 11 is 0. The first-order valence-electron chi connectivity index (χ1n) is 6.59. The second-order valence-corrected chi connectivity index (χ2v) is 4.74. The second-order valence-electron chi connectivity index (χ2n) is 4.74. The second kappa shape index (κ2) is 7.02. The van der Waals surface area contributed by atoms with Crippen molar-refractivity contribution in [1.82, 2.24) is 0 Å². The minimum Gasteiger partial charge on any atom is -0.435 e. The lowest BCUT2D eigenvalue weighted by molar-refractivity contribution is -0.0498. The zero-order valence-electron chi connectivity index (χ0n) is 11.5. The van der Waals surface area contributed by atoms with Gasteiger partial charge in [0.25, 0.3) is 0 Å². The van der Waals surface area contributed by atoms with Gasteiger partial charge < -0.3 is 10.1 Å². The maximum atomic E-state index is 13.5. The summed E-state index contributed by atoms with van der Waals surface area (Å²) in [6.45, 7) is -0.903. The molecule has 2 nitrogen and oxygen atoms in total. The molecule has 0 aliphatic rings. The van der Waals surface area contributed by atoms with Crippen LogP contribution in [0.1, 0.15) is 12.5 Å². The highest BCUT2D eigenvalue weighted by molar-refractivity contribution is 5.47. The van der Waals surface area contributed by atoms with E-state index in [4.69, 9.17) is 0 Å². The average Bonchev–Trinajstić information content (AvgIpc) is 2.43. The Bertz CT molecular complexity index is 572. The van der Waals surface area contributed by atoms with Gasteiger partial charge in [0.05, 0.1) is 0 Å². The first-order valence-corrected chi connectivity index (χ1v) is 6.59. The summed E-state index contributed by atoms with van der Waals surface area (Å²) in [5.74, 6) is -0.121. The highest BCUT2D eigenvalue weighted by Crippen LogP contribution is 2.19. The van der Waals surface area contributed by atoms with Crippen molar-refractivity contribution in [2.24, 2.45) is 0 Å². The number of hydrogen-bond acceptors (Lipinski definition) is 2. The van der Waals surface area contributed by atoms with Gasteiger partial charge >= 0.3 is 6.61 Å². The summed E-state index contributed by atoms with van der Waals surface area (Å²) in [6, 6.07) is 12.8. The van der Waals surface area contributed by atoms with E-state index in [1.807, 2.05) is 6.92 Å². The van der Waals surface area contributed by atoms with E-state index in [0.717, 1.165) is 5.69 Å². The first kappa shape index (κ1) is 15.2. The molecule has 0 radical (unpaired) electrons. The molecule has 2 aromatic carbocycles. The molecule has 21 heavy (non-hydrogen) atoms. The van der Waals surface area contributed by atoms with Crippen molar-refractivity contribution in [3.63, 3.8) is 0 Å². The largest absolute Gasteiger partial charge is 0.435 e. The quantitative estimate of drug-likeness (QED) is 0.849. The summed E-state index contributed by atoms with van der Waals surface area (Å²) < 4.78 is 41.9. The maximum absolute atomic E-state index is 13.5. The van der Waals surface area contributed by atoms with Gasteiger partial charge in [0.1, 0.15) is 11.6 Å². The number of anilines is 1. The predicted molar refractivity (Wildman–Crippen MR) is 76.3 cm³/mol. The molecule has 1 N–H and O–H groups in total. The minimum atomic E-state index is -2.83. The van der Waals surface area contributed by atoms with Gasteiger partial charge in [-0.1, -0.05) is 18.2 Å². The number of halogens is 3. The number of alkyl halides is 2. The average molecular weight is 295 g/mol. The van der Waals surface area contributed by atoms with Gasteiger partial charge in [0, 0.05) is 11.7 Å². The molecule has 0 amide bonds. The lowest BCUT2D eigenvalue weighted by Gasteiger charge is -2.16. The molecular weight excluding hydrogens is 279 g/mol. The van der Waals surface area contributed by atoms with E-state index in [9.17, 15) is 13.2 Å². The number of hydrogen-bond donors (Lipinski definition) is 1. The smallest absolute Gasteiger partial charge is 0.387 e. The van der Waals surface area contributed by atoms with E-state index in [1.165, 1.54) is 18.2 Å². The fraction of sp³-hybridized carbons (Fsp3) is 0.250. The van der Waals surface area contributed by atoms with Crippen molar-refractivity contribution < 1.29 is 17.9 Å². The van der Waals surface area contributed by atoms with Crippen LogP contribution in [0.4, 0.5) is 18.9 Å². The molecule has 5 heteroatoms. The van der Waals surface area contributed by atoms with Gasteiger partial charge in [-0.15, -0.1) is 0 Å². The Morgan fingerprint density at radius 3 is 2.33 bits per heavy atom. The van der Waals surface area contributed by atoms with Crippen LogP contribution in [0.25, 0.3) is 0 Å². The third-order valence-corrected chi connectivity index (χ3v) is 2.98. The summed E-state index contributed by atoms with van der Waals surface area (Å²) in [4.78, 5) is 0. The number of benzene rings is 2. The van der Waals surface area contributed by atoms with Crippen LogP contribution in [0, 0.1) is 5.82 Å². The topological polar surface area (TPSA) is 21.3 Å². The summed E-state index contributed by atoms with van der Waals surface area (Å²) in [5, 5.41) is 3.19. The van der Waals surface area contributed by atoms with Gasteiger partial charge in [-0.2, -0.15) is 8.78 Å². The first-order chi connectivity index (χ1) is 10.0. The Morgan fingerprint density at radius 2 is 1.71 bits per heavy atom. The SMILES string of the molecule is CC(Cc1ccccc1F)Nc1ccc(OC(F)F)cc1. The molecule has 0 spiro atoms. The molecular formula is C16H16F3NO. The van der Waals surface area contributed by atoms with Crippen molar-refractivity contribution in [2.75, 3.05) is 5.32 Å². The predicted octanol–water partition coefficient (Wildman–Crippen LogP) is 4.47. The molecule has 0 heterocycles. The van der Waals surface area contributed by atoms with Crippen LogP contribution in [-0.4, -0.2) is 12.7 Å². The zero-order valence-corrected chi connectivity index (χ0v) is 11.5. The number of rotatable bonds is 6. The van der Waals surface area contributed by atoms with Crippen LogP contribution < -0.4 is 10.1 Å². The lowest BCUT2D eigenvalue weighted by Crippen LogP contribution is -2.18. The molecule has 0 fully saturated rings. The molecule has 0 saturated heterocycles. The highest BCUT2D eigenvalue weighted by atomic mass is 19.3. The Kier molecular flexibility index (Phi) is 5.09. The number of nitrogens with one attached hydrogen (secondary N) is 1. The molecule has 1 unspecified atom stereocenters. The Hall–Kier alpha value is -2.17. The Balaban J connectivity index is 1.93. The zero-order chi connectivity index (χ0) is 15.2. The fourth-order valence-corrected chi connectivity index (χ4v) is 2.06. The van der Waals surface area contributed by atoms with Crippen LogP contribution in [-0.2, 0) is 6.42 Å². The molecule has 0 aliphatic heterocycles. The summed E-state index contributed by atoms with van der Waals surface area (Å²) in [5.41, 5.74) is 1.40. The summed E-state index contributed by atoms with van der Waals surface area (Å²) in [7, 11) is 0. The van der Waals surface area contributed by atoms with E-state index in [1.54, 1.807) is 30.3 Å². The molecule has 0 saturated carbocycles.